The molecule has 2 aromatic carbocycles. The van der Waals surface area contributed by atoms with E-state index in [1.165, 1.54) is 12.1 Å². The van der Waals surface area contributed by atoms with Crippen molar-refractivity contribution in [3.63, 3.8) is 0 Å². The minimum Gasteiger partial charge on any atom is -0.383 e. The number of aromatic nitrogens is 4. The first-order chi connectivity index (χ1) is 20.1. The number of benzene rings is 2. The zero-order valence-corrected chi connectivity index (χ0v) is 22.3. The summed E-state index contributed by atoms with van der Waals surface area (Å²) in [5.74, 6) is 1.21. The number of fused-ring (bicyclic) bond motifs is 1. The summed E-state index contributed by atoms with van der Waals surface area (Å²) in [5.41, 5.74) is 3.82. The average Bonchev–Trinajstić information content (AvgIpc) is 3.42. The molecule has 0 radical (unpaired) electrons. The molecule has 41 heavy (non-hydrogen) atoms. The molecule has 1 saturated heterocycles. The number of pyridine rings is 1. The highest BCUT2D eigenvalue weighted by Gasteiger charge is 2.20. The lowest BCUT2D eigenvalue weighted by Gasteiger charge is -2.28. The summed E-state index contributed by atoms with van der Waals surface area (Å²) >= 11 is 0. The van der Waals surface area contributed by atoms with Gasteiger partial charge in [-0.25, -0.2) is 19.2 Å². The molecule has 6 rings (SSSR count). The molecule has 3 aromatic heterocycles. The maximum Gasteiger partial charge on any atom is 0.323 e. The molecule has 1 aliphatic rings. The highest BCUT2D eigenvalue weighted by molar-refractivity contribution is 5.99. The predicted octanol–water partition coefficient (Wildman–Crippen LogP) is 5.23. The molecule has 4 heterocycles. The predicted molar refractivity (Wildman–Crippen MR) is 158 cm³/mol. The first kappa shape index (κ1) is 26.2. The van der Waals surface area contributed by atoms with Gasteiger partial charge in [-0.15, -0.1) is 0 Å². The van der Waals surface area contributed by atoms with Crippen molar-refractivity contribution in [2.45, 2.75) is 6.54 Å². The Morgan fingerprint density at radius 2 is 1.54 bits per heavy atom. The van der Waals surface area contributed by atoms with Gasteiger partial charge in [0.05, 0.1) is 18.6 Å². The maximum absolute atomic E-state index is 13.3. The van der Waals surface area contributed by atoms with Crippen LogP contribution in [0.1, 0.15) is 0 Å². The third-order valence-corrected chi connectivity index (χ3v) is 6.77. The smallest absolute Gasteiger partial charge is 0.323 e. The van der Waals surface area contributed by atoms with Crippen LogP contribution in [0.3, 0.4) is 0 Å². The van der Waals surface area contributed by atoms with Crippen molar-refractivity contribution in [3.05, 3.63) is 91.1 Å². The van der Waals surface area contributed by atoms with Gasteiger partial charge in [0.1, 0.15) is 17.3 Å². The van der Waals surface area contributed by atoms with E-state index in [0.29, 0.717) is 43.5 Å². The van der Waals surface area contributed by atoms with Gasteiger partial charge in [0.2, 0.25) is 0 Å². The summed E-state index contributed by atoms with van der Waals surface area (Å²) in [6, 6.07) is 18.9. The lowest BCUT2D eigenvalue weighted by Crippen LogP contribution is -2.37. The van der Waals surface area contributed by atoms with E-state index in [1.807, 2.05) is 30.5 Å². The minimum absolute atomic E-state index is 0.260. The summed E-state index contributed by atoms with van der Waals surface area (Å²) < 4.78 is 20.9. The van der Waals surface area contributed by atoms with Crippen molar-refractivity contribution >= 4 is 39.9 Å². The lowest BCUT2D eigenvalue weighted by molar-refractivity contribution is 0.122. The van der Waals surface area contributed by atoms with Crippen LogP contribution in [0.2, 0.25) is 0 Å². The second-order valence-electron chi connectivity index (χ2n) is 9.54. The van der Waals surface area contributed by atoms with Crippen LogP contribution in [0.15, 0.2) is 85.3 Å². The molecule has 0 saturated carbocycles. The van der Waals surface area contributed by atoms with Crippen molar-refractivity contribution in [3.8, 4) is 11.4 Å². The van der Waals surface area contributed by atoms with E-state index >= 15 is 0 Å². The normalized spacial score (nSPS) is 13.2. The van der Waals surface area contributed by atoms with Crippen molar-refractivity contribution in [2.75, 3.05) is 53.7 Å². The Morgan fingerprint density at radius 1 is 0.854 bits per heavy atom. The van der Waals surface area contributed by atoms with E-state index in [0.717, 1.165) is 41.2 Å². The van der Waals surface area contributed by atoms with Crippen LogP contribution >= 0.6 is 0 Å². The summed E-state index contributed by atoms with van der Waals surface area (Å²) in [7, 11) is 0. The molecule has 0 aliphatic carbocycles. The van der Waals surface area contributed by atoms with Crippen LogP contribution in [-0.2, 0) is 11.3 Å². The van der Waals surface area contributed by atoms with E-state index in [9.17, 15) is 9.18 Å². The molecule has 11 heteroatoms. The highest BCUT2D eigenvalue weighted by Crippen LogP contribution is 2.29. The maximum atomic E-state index is 13.3. The Morgan fingerprint density at radius 3 is 2.27 bits per heavy atom. The first-order valence-corrected chi connectivity index (χ1v) is 13.4. The average molecular weight is 553 g/mol. The topological polar surface area (TPSA) is 109 Å². The number of carbonyl (C=O) groups excluding carboxylic acids is 1. The number of ether oxygens (including phenoxy) is 1. The molecular formula is C30H29FN8O2. The Kier molecular flexibility index (Phi) is 7.68. The van der Waals surface area contributed by atoms with Crippen LogP contribution in [-0.4, -0.2) is 58.4 Å². The Hall–Kier alpha value is -5.03. The fourth-order valence-corrected chi connectivity index (χ4v) is 4.69. The van der Waals surface area contributed by atoms with Gasteiger partial charge in [0.15, 0.2) is 5.82 Å². The van der Waals surface area contributed by atoms with E-state index in [-0.39, 0.29) is 11.8 Å². The number of halogens is 1. The zero-order chi connectivity index (χ0) is 28.0. The van der Waals surface area contributed by atoms with Gasteiger partial charge < -0.3 is 30.2 Å². The monoisotopic (exact) mass is 552 g/mol. The van der Waals surface area contributed by atoms with Crippen LogP contribution in [0, 0.1) is 5.82 Å². The summed E-state index contributed by atoms with van der Waals surface area (Å²) in [4.78, 5) is 28.5. The Labute approximate surface area is 236 Å². The van der Waals surface area contributed by atoms with Gasteiger partial charge in [-0.05, 0) is 66.7 Å². The van der Waals surface area contributed by atoms with Gasteiger partial charge >= 0.3 is 6.03 Å². The fraction of sp³-hybridized carbons (Fsp3) is 0.200. The number of carbonyl (C=O) groups is 1. The number of nitrogens with zero attached hydrogens (tertiary/aromatic N) is 5. The second-order valence-corrected chi connectivity index (χ2v) is 9.54. The second kappa shape index (κ2) is 12.0. The molecule has 2 amide bonds. The van der Waals surface area contributed by atoms with Crippen LogP contribution in [0.4, 0.5) is 32.1 Å². The summed E-state index contributed by atoms with van der Waals surface area (Å²) in [5, 5.41) is 9.93. The number of anilines is 4. The number of amides is 2. The molecule has 0 atom stereocenters. The SMILES string of the molecule is O=C(Nc1ccncc1)Nc1ccc(-c2nc(N3CCOCC3)c3ccn(CCNc4ccc(F)cc4)c3n2)cc1. The fourth-order valence-electron chi connectivity index (χ4n) is 4.69. The van der Waals surface area contributed by atoms with Gasteiger partial charge in [-0.2, -0.15) is 0 Å². The Balaban J connectivity index is 1.23. The van der Waals surface area contributed by atoms with Crippen molar-refractivity contribution in [1.29, 1.82) is 0 Å². The molecule has 10 nitrogen and oxygen atoms in total. The number of hydrogen-bond acceptors (Lipinski definition) is 7. The first-order valence-electron chi connectivity index (χ1n) is 13.4. The minimum atomic E-state index is -0.344. The molecule has 1 aliphatic heterocycles. The van der Waals surface area contributed by atoms with E-state index in [4.69, 9.17) is 14.7 Å². The molecule has 208 valence electrons. The third-order valence-electron chi connectivity index (χ3n) is 6.77. The Bertz CT molecular complexity index is 1620. The molecule has 5 aromatic rings. The van der Waals surface area contributed by atoms with Gasteiger partial charge in [-0.1, -0.05) is 0 Å². The quantitative estimate of drug-likeness (QED) is 0.242. The van der Waals surface area contributed by atoms with Gasteiger partial charge in [-0.3, -0.25) is 4.98 Å². The van der Waals surface area contributed by atoms with E-state index in [2.05, 4.69) is 36.5 Å². The van der Waals surface area contributed by atoms with Crippen molar-refractivity contribution in [2.24, 2.45) is 0 Å². The van der Waals surface area contributed by atoms with Crippen molar-refractivity contribution < 1.29 is 13.9 Å². The van der Waals surface area contributed by atoms with E-state index < -0.39 is 0 Å². The molecule has 1 fully saturated rings. The number of urea groups is 1. The molecule has 0 spiro atoms. The third kappa shape index (κ3) is 6.25. The number of morpholine rings is 1. The van der Waals surface area contributed by atoms with Gasteiger partial charge in [0.25, 0.3) is 0 Å². The molecule has 3 N–H and O–H groups in total. The zero-order valence-electron chi connectivity index (χ0n) is 22.3. The van der Waals surface area contributed by atoms with Crippen LogP contribution in [0.5, 0.6) is 0 Å². The number of rotatable bonds is 8. The molecule has 0 bridgehead atoms. The van der Waals surface area contributed by atoms with Crippen LogP contribution < -0.4 is 20.9 Å². The number of nitrogens with one attached hydrogen (secondary N) is 3. The molecular weight excluding hydrogens is 523 g/mol. The van der Waals surface area contributed by atoms with Gasteiger partial charge in [0, 0.05) is 67.4 Å². The molecule has 0 unspecified atom stereocenters. The van der Waals surface area contributed by atoms with Crippen molar-refractivity contribution in [1.82, 2.24) is 19.5 Å². The largest absolute Gasteiger partial charge is 0.383 e. The van der Waals surface area contributed by atoms with Crippen LogP contribution in [0.25, 0.3) is 22.4 Å². The van der Waals surface area contributed by atoms with E-state index in [1.54, 1.807) is 36.7 Å². The highest BCUT2D eigenvalue weighted by atomic mass is 19.1. The summed E-state index contributed by atoms with van der Waals surface area (Å²) in [6.45, 7) is 4.09. The summed E-state index contributed by atoms with van der Waals surface area (Å²) in [6.07, 6.45) is 5.25. The number of hydrogen-bond donors (Lipinski definition) is 3. The lowest BCUT2D eigenvalue weighted by atomic mass is 10.2. The standard InChI is InChI=1S/C30H29FN8O2/c31-22-3-7-23(8-4-22)33-14-16-38-15-11-26-28(38)36-27(37-29(26)39-17-19-41-20-18-39)21-1-5-24(6-2-21)34-30(40)35-25-9-12-32-13-10-25/h1-13,15,33H,14,16-20H2,(H2,32,34,35,40).